The number of nitrogens with one attached hydrogen (secondary N) is 1. The van der Waals surface area contributed by atoms with E-state index in [1.54, 1.807) is 0 Å². The Hall–Kier alpha value is -1.89. The topological polar surface area (TPSA) is 49.4 Å². The summed E-state index contributed by atoms with van der Waals surface area (Å²) in [5.41, 5.74) is -0.308. The number of hydrogen-bond acceptors (Lipinski definition) is 3. The third kappa shape index (κ3) is 5.13. The molecule has 1 heterocycles. The highest BCUT2D eigenvalue weighted by atomic mass is 19.4. The highest BCUT2D eigenvalue weighted by Gasteiger charge is 2.59. The molecule has 3 aliphatic rings. The summed E-state index contributed by atoms with van der Waals surface area (Å²) in [6.45, 7) is 6.65. The minimum atomic E-state index is -4.46. The van der Waals surface area contributed by atoms with Crippen LogP contribution in [0.25, 0.3) is 0 Å². The molecule has 0 spiro atoms. The molecule has 0 bridgehead atoms. The van der Waals surface area contributed by atoms with Gasteiger partial charge in [-0.15, -0.1) is 0 Å². The molecule has 1 aromatic rings. The molecular weight excluding hydrogens is 405 g/mol. The Kier molecular flexibility index (Phi) is 5.92. The van der Waals surface area contributed by atoms with Gasteiger partial charge in [-0.2, -0.15) is 13.2 Å². The number of likely N-dealkylation sites (tertiary alicyclic amines) is 1. The standard InChI is InChI=1S/C24H31F3N2O2/c1-23(2)10-4-7-17(12-23)29-13-18-19(14-29)22(18)20(30)8-9-21(31)28-16-6-3-5-15(11-16)24(25,26)27/h3,5-6,11,17-19,22H,4,7-10,12-14H2,1-2H3,(H,28,31)/t17?,18-,19+,22?. The van der Waals surface area contributed by atoms with E-state index in [0.717, 1.165) is 25.2 Å². The van der Waals surface area contributed by atoms with Gasteiger partial charge in [-0.1, -0.05) is 26.3 Å². The van der Waals surface area contributed by atoms with Crippen molar-refractivity contribution in [3.63, 3.8) is 0 Å². The lowest BCUT2D eigenvalue weighted by molar-refractivity contribution is -0.137. The number of benzene rings is 1. The summed E-state index contributed by atoms with van der Waals surface area (Å²) in [6.07, 6.45) is 0.727. The predicted molar refractivity (Wildman–Crippen MR) is 112 cm³/mol. The number of carbonyl (C=O) groups is 2. The number of halogens is 3. The molecule has 4 atom stereocenters. The van der Waals surface area contributed by atoms with Crippen molar-refractivity contribution >= 4 is 17.4 Å². The number of alkyl halides is 3. The van der Waals surface area contributed by atoms with Crippen molar-refractivity contribution < 1.29 is 22.8 Å². The minimum absolute atomic E-state index is 0.00550. The number of carbonyl (C=O) groups excluding carboxylic acids is 2. The zero-order valence-electron chi connectivity index (χ0n) is 18.2. The zero-order chi connectivity index (χ0) is 22.4. The number of ketones is 1. The highest BCUT2D eigenvalue weighted by molar-refractivity contribution is 5.94. The zero-order valence-corrected chi connectivity index (χ0v) is 18.2. The monoisotopic (exact) mass is 436 g/mol. The van der Waals surface area contributed by atoms with Gasteiger partial charge in [0.05, 0.1) is 5.56 Å². The number of rotatable bonds is 6. The van der Waals surface area contributed by atoms with Crippen molar-refractivity contribution in [3.8, 4) is 0 Å². The van der Waals surface area contributed by atoms with E-state index in [1.165, 1.54) is 37.8 Å². The van der Waals surface area contributed by atoms with Crippen molar-refractivity contribution in [1.29, 1.82) is 0 Å². The number of nitrogens with zero attached hydrogens (tertiary/aromatic N) is 1. The summed E-state index contributed by atoms with van der Waals surface area (Å²) in [5, 5.41) is 2.48. The maximum atomic E-state index is 12.8. The van der Waals surface area contributed by atoms with E-state index in [2.05, 4.69) is 24.1 Å². The molecule has 1 aliphatic heterocycles. The van der Waals surface area contributed by atoms with Crippen molar-refractivity contribution in [1.82, 2.24) is 4.90 Å². The summed E-state index contributed by atoms with van der Waals surface area (Å²) < 4.78 is 38.4. The first-order valence-corrected chi connectivity index (χ1v) is 11.3. The average molecular weight is 437 g/mol. The molecular formula is C24H31F3N2O2. The number of anilines is 1. The first-order valence-electron chi connectivity index (χ1n) is 11.3. The normalized spacial score (nSPS) is 30.0. The van der Waals surface area contributed by atoms with E-state index in [0.29, 0.717) is 23.3 Å². The van der Waals surface area contributed by atoms with Crippen LogP contribution in [-0.4, -0.2) is 35.7 Å². The largest absolute Gasteiger partial charge is 0.416 e. The Morgan fingerprint density at radius 1 is 1.16 bits per heavy atom. The summed E-state index contributed by atoms with van der Waals surface area (Å²) in [7, 11) is 0. The van der Waals surface area contributed by atoms with E-state index in [-0.39, 0.29) is 30.2 Å². The van der Waals surface area contributed by atoms with Gasteiger partial charge in [-0.05, 0) is 54.7 Å². The number of piperidine rings is 1. The van der Waals surface area contributed by atoms with Gasteiger partial charge in [-0.3, -0.25) is 14.5 Å². The summed E-state index contributed by atoms with van der Waals surface area (Å²) in [4.78, 5) is 27.3. The van der Waals surface area contributed by atoms with Crippen LogP contribution in [0.3, 0.4) is 0 Å². The van der Waals surface area contributed by atoms with E-state index in [4.69, 9.17) is 0 Å². The maximum Gasteiger partial charge on any atom is 0.416 e. The van der Waals surface area contributed by atoms with Crippen LogP contribution in [0.1, 0.15) is 57.9 Å². The molecule has 1 N–H and O–H groups in total. The van der Waals surface area contributed by atoms with Gasteiger partial charge in [0.15, 0.2) is 0 Å². The van der Waals surface area contributed by atoms with Gasteiger partial charge in [-0.25, -0.2) is 0 Å². The van der Waals surface area contributed by atoms with E-state index in [9.17, 15) is 22.8 Å². The molecule has 1 amide bonds. The molecule has 1 saturated heterocycles. The number of fused-ring (bicyclic) bond motifs is 1. The van der Waals surface area contributed by atoms with Gasteiger partial charge in [0.2, 0.25) is 5.91 Å². The van der Waals surface area contributed by atoms with Crippen molar-refractivity contribution in [2.75, 3.05) is 18.4 Å². The lowest BCUT2D eigenvalue weighted by Gasteiger charge is -2.40. The molecule has 170 valence electrons. The van der Waals surface area contributed by atoms with Crippen LogP contribution >= 0.6 is 0 Å². The van der Waals surface area contributed by atoms with Crippen molar-refractivity contribution in [3.05, 3.63) is 29.8 Å². The quantitative estimate of drug-likeness (QED) is 0.672. The Bertz CT molecular complexity index is 839. The van der Waals surface area contributed by atoms with E-state index in [1.807, 2.05) is 0 Å². The van der Waals surface area contributed by atoms with Crippen LogP contribution in [0.15, 0.2) is 24.3 Å². The fourth-order valence-corrected chi connectivity index (χ4v) is 5.70. The lowest BCUT2D eigenvalue weighted by Crippen LogP contribution is -2.41. The third-order valence-corrected chi connectivity index (χ3v) is 7.36. The van der Waals surface area contributed by atoms with Gasteiger partial charge in [0.1, 0.15) is 5.78 Å². The van der Waals surface area contributed by atoms with Crippen LogP contribution in [0, 0.1) is 23.2 Å². The molecule has 7 heteroatoms. The smallest absolute Gasteiger partial charge is 0.326 e. The van der Waals surface area contributed by atoms with Crippen LogP contribution in [0.2, 0.25) is 0 Å². The van der Waals surface area contributed by atoms with Crippen LogP contribution in [0.5, 0.6) is 0 Å². The first-order chi connectivity index (χ1) is 14.5. The van der Waals surface area contributed by atoms with E-state index < -0.39 is 17.6 Å². The first kappa shape index (κ1) is 22.3. The van der Waals surface area contributed by atoms with Crippen LogP contribution < -0.4 is 5.32 Å². The summed E-state index contributed by atoms with van der Waals surface area (Å²) in [5.74, 6) is 0.602. The van der Waals surface area contributed by atoms with Gasteiger partial charge >= 0.3 is 6.18 Å². The van der Waals surface area contributed by atoms with Gasteiger partial charge < -0.3 is 5.32 Å². The molecule has 4 rings (SSSR count). The SMILES string of the molecule is CC1(C)CCCC(N2C[C@@H]3C(C(=O)CCC(=O)Nc4cccc(C(F)(F)F)c4)[C@@H]3C2)C1. The van der Waals surface area contributed by atoms with Gasteiger partial charge in [0.25, 0.3) is 0 Å². The van der Waals surface area contributed by atoms with Gasteiger partial charge in [0, 0.05) is 43.6 Å². The fourth-order valence-electron chi connectivity index (χ4n) is 5.70. The average Bonchev–Trinajstić information content (AvgIpc) is 3.18. The second-order valence-electron chi connectivity index (χ2n) is 10.3. The van der Waals surface area contributed by atoms with E-state index >= 15 is 0 Å². The Morgan fingerprint density at radius 3 is 2.52 bits per heavy atom. The molecule has 0 radical (unpaired) electrons. The molecule has 2 saturated carbocycles. The van der Waals surface area contributed by atoms with Crippen molar-refractivity contribution in [2.24, 2.45) is 23.2 Å². The number of hydrogen-bond donors (Lipinski definition) is 1. The number of amides is 1. The Labute approximate surface area is 181 Å². The highest BCUT2D eigenvalue weighted by Crippen LogP contribution is 2.54. The molecule has 0 aromatic heterocycles. The minimum Gasteiger partial charge on any atom is -0.326 e. The Morgan fingerprint density at radius 2 is 1.87 bits per heavy atom. The molecule has 3 fully saturated rings. The molecule has 4 nitrogen and oxygen atoms in total. The second kappa shape index (κ2) is 8.23. The van der Waals surface area contributed by atoms with Crippen LogP contribution in [0.4, 0.5) is 18.9 Å². The maximum absolute atomic E-state index is 12.8. The molecule has 2 unspecified atom stereocenters. The second-order valence-corrected chi connectivity index (χ2v) is 10.3. The van der Waals surface area contributed by atoms with Crippen LogP contribution in [-0.2, 0) is 15.8 Å². The lowest BCUT2D eigenvalue weighted by atomic mass is 9.74. The molecule has 2 aliphatic carbocycles. The predicted octanol–water partition coefficient (Wildman–Crippen LogP) is 5.14. The Balaban J connectivity index is 1.21. The summed E-state index contributed by atoms with van der Waals surface area (Å²) in [6, 6.07) is 5.18. The molecule has 31 heavy (non-hydrogen) atoms. The summed E-state index contributed by atoms with van der Waals surface area (Å²) >= 11 is 0. The third-order valence-electron chi connectivity index (χ3n) is 7.36. The number of Topliss-reactive ketones (excluding diaryl/α,β-unsaturated/α-hetero) is 1. The van der Waals surface area contributed by atoms with Crippen molar-refractivity contribution in [2.45, 2.75) is 64.6 Å². The fraction of sp³-hybridized carbons (Fsp3) is 0.667. The molecule has 1 aromatic carbocycles.